The monoisotopic (exact) mass is 375 g/mol. The quantitative estimate of drug-likeness (QED) is 0.332. The van der Waals surface area contributed by atoms with Crippen LogP contribution in [0.5, 0.6) is 0 Å². The van der Waals surface area contributed by atoms with Crippen molar-refractivity contribution < 1.29 is 24.0 Å². The van der Waals surface area contributed by atoms with Crippen LogP contribution in [0.4, 0.5) is 11.4 Å². The number of piperidine rings is 1. The van der Waals surface area contributed by atoms with Gasteiger partial charge in [0.15, 0.2) is 0 Å². The molecule has 1 aromatic rings. The molecular weight excluding hydrogens is 354 g/mol. The molecule has 0 aromatic heterocycles. The average molecular weight is 375 g/mol. The first-order chi connectivity index (χ1) is 12.9. The fourth-order valence-electron chi connectivity index (χ4n) is 3.70. The van der Waals surface area contributed by atoms with Crippen molar-refractivity contribution in [3.05, 3.63) is 34.4 Å². The number of likely N-dealkylation sites (tertiary alicyclic amines) is 1. The topological polar surface area (TPSA) is 110 Å². The highest BCUT2D eigenvalue weighted by molar-refractivity contribution is 6.23. The zero-order valence-corrected chi connectivity index (χ0v) is 15.0. The van der Waals surface area contributed by atoms with Gasteiger partial charge in [-0.2, -0.15) is 0 Å². The molecule has 0 N–H and O–H groups in total. The Balaban J connectivity index is 1.80. The van der Waals surface area contributed by atoms with Crippen molar-refractivity contribution in [2.24, 2.45) is 5.92 Å². The molecule has 2 atom stereocenters. The van der Waals surface area contributed by atoms with E-state index in [4.69, 9.17) is 4.74 Å². The molecule has 2 aliphatic rings. The molecule has 9 nitrogen and oxygen atoms in total. The van der Waals surface area contributed by atoms with E-state index in [-0.39, 0.29) is 29.7 Å². The number of hydrogen-bond acceptors (Lipinski definition) is 7. The molecule has 0 radical (unpaired) electrons. The largest absolute Gasteiger partial charge is 0.466 e. The van der Waals surface area contributed by atoms with Crippen LogP contribution < -0.4 is 4.90 Å². The lowest BCUT2D eigenvalue weighted by Crippen LogP contribution is -2.48. The number of para-hydroxylation sites is 2. The molecule has 0 saturated carbocycles. The van der Waals surface area contributed by atoms with E-state index in [9.17, 15) is 24.5 Å². The van der Waals surface area contributed by atoms with Crippen LogP contribution >= 0.6 is 0 Å². The molecule has 2 aliphatic heterocycles. The van der Waals surface area contributed by atoms with Crippen molar-refractivity contribution in [1.29, 1.82) is 0 Å². The van der Waals surface area contributed by atoms with Gasteiger partial charge in [-0.15, -0.1) is 0 Å². The van der Waals surface area contributed by atoms with Gasteiger partial charge in [0.05, 0.1) is 29.9 Å². The number of rotatable bonds is 5. The van der Waals surface area contributed by atoms with Gasteiger partial charge in [-0.25, -0.2) is 4.90 Å². The Labute approximate surface area is 156 Å². The normalized spacial score (nSPS) is 23.5. The van der Waals surface area contributed by atoms with Gasteiger partial charge in [0.25, 0.3) is 11.6 Å². The van der Waals surface area contributed by atoms with Gasteiger partial charge in [-0.1, -0.05) is 12.1 Å². The summed E-state index contributed by atoms with van der Waals surface area (Å²) in [6.07, 6.45) is 1.34. The van der Waals surface area contributed by atoms with E-state index in [0.717, 1.165) is 4.90 Å². The number of imide groups is 1. The number of benzene rings is 1. The van der Waals surface area contributed by atoms with E-state index in [0.29, 0.717) is 32.5 Å². The predicted octanol–water partition coefficient (Wildman–Crippen LogP) is 1.50. The summed E-state index contributed by atoms with van der Waals surface area (Å²) in [7, 11) is 0. The fourth-order valence-corrected chi connectivity index (χ4v) is 3.70. The number of hydrogen-bond donors (Lipinski definition) is 0. The molecule has 0 unspecified atom stereocenters. The molecule has 2 amide bonds. The fraction of sp³-hybridized carbons (Fsp3) is 0.500. The maximum absolute atomic E-state index is 12.9. The summed E-state index contributed by atoms with van der Waals surface area (Å²) in [4.78, 5) is 50.8. The summed E-state index contributed by atoms with van der Waals surface area (Å²) in [5.41, 5.74) is -0.304. The third kappa shape index (κ3) is 3.68. The maximum atomic E-state index is 12.9. The first-order valence-corrected chi connectivity index (χ1v) is 8.95. The minimum atomic E-state index is -0.713. The number of nitro benzene ring substituents is 1. The van der Waals surface area contributed by atoms with Crippen LogP contribution in [-0.4, -0.2) is 53.3 Å². The van der Waals surface area contributed by atoms with Gasteiger partial charge in [0.2, 0.25) is 5.91 Å². The second-order valence-electron chi connectivity index (χ2n) is 6.62. The maximum Gasteiger partial charge on any atom is 0.310 e. The van der Waals surface area contributed by atoms with Crippen LogP contribution in [-0.2, 0) is 19.1 Å². The van der Waals surface area contributed by atoms with Crippen molar-refractivity contribution in [1.82, 2.24) is 4.90 Å². The first kappa shape index (κ1) is 19.0. The van der Waals surface area contributed by atoms with Gasteiger partial charge in [0, 0.05) is 12.6 Å². The molecule has 0 aliphatic carbocycles. The molecular formula is C18H21N3O6. The number of carbonyl (C=O) groups is 3. The zero-order chi connectivity index (χ0) is 19.6. The molecule has 2 saturated heterocycles. The summed E-state index contributed by atoms with van der Waals surface area (Å²) in [5, 5.41) is 11.2. The molecule has 3 rings (SSSR count). The van der Waals surface area contributed by atoms with Gasteiger partial charge in [0.1, 0.15) is 5.69 Å². The van der Waals surface area contributed by atoms with Gasteiger partial charge < -0.3 is 4.74 Å². The van der Waals surface area contributed by atoms with E-state index >= 15 is 0 Å². The number of carbonyl (C=O) groups excluding carboxylic acids is 3. The van der Waals surface area contributed by atoms with Gasteiger partial charge >= 0.3 is 5.97 Å². The van der Waals surface area contributed by atoms with E-state index in [1.54, 1.807) is 13.0 Å². The molecule has 27 heavy (non-hydrogen) atoms. The third-order valence-electron chi connectivity index (χ3n) is 4.96. The van der Waals surface area contributed by atoms with Crippen LogP contribution in [0.1, 0.15) is 26.2 Å². The Bertz CT molecular complexity index is 780. The van der Waals surface area contributed by atoms with E-state index < -0.39 is 22.8 Å². The zero-order valence-electron chi connectivity index (χ0n) is 15.0. The van der Waals surface area contributed by atoms with Crippen molar-refractivity contribution in [2.75, 3.05) is 24.6 Å². The highest BCUT2D eigenvalue weighted by atomic mass is 16.6. The number of amides is 2. The van der Waals surface area contributed by atoms with Crippen molar-refractivity contribution in [2.45, 2.75) is 32.2 Å². The summed E-state index contributed by atoms with van der Waals surface area (Å²) >= 11 is 0. The second kappa shape index (κ2) is 7.83. The average Bonchev–Trinajstić information content (AvgIpc) is 2.96. The van der Waals surface area contributed by atoms with Crippen LogP contribution in [0.2, 0.25) is 0 Å². The Hall–Kier alpha value is -2.81. The molecule has 2 fully saturated rings. The molecule has 144 valence electrons. The lowest BCUT2D eigenvalue weighted by molar-refractivity contribution is -0.384. The van der Waals surface area contributed by atoms with E-state index in [1.807, 2.05) is 4.90 Å². The standard InChI is InChI=1S/C18H21N3O6/c1-2-27-18(24)12-6-5-9-19(11-12)15-10-16(22)20(17(15)23)13-7-3-4-8-14(13)21(25)26/h3-4,7-8,12,15H,2,5-6,9-11H2,1H3/t12-,15+/m0/s1. The number of esters is 1. The summed E-state index contributed by atoms with van der Waals surface area (Å²) in [5.74, 6) is -1.59. The molecule has 0 spiro atoms. The SMILES string of the molecule is CCOC(=O)[C@H]1CCCN([C@@H]2CC(=O)N(c3ccccc3[N+](=O)[O-])C2=O)C1. The Morgan fingerprint density at radius 2 is 2.07 bits per heavy atom. The number of ether oxygens (including phenoxy) is 1. The Morgan fingerprint density at radius 1 is 1.33 bits per heavy atom. The highest BCUT2D eigenvalue weighted by Gasteiger charge is 2.46. The number of nitrogens with zero attached hydrogens (tertiary/aromatic N) is 3. The Morgan fingerprint density at radius 3 is 2.78 bits per heavy atom. The first-order valence-electron chi connectivity index (χ1n) is 8.95. The van der Waals surface area contributed by atoms with Gasteiger partial charge in [-0.3, -0.25) is 29.4 Å². The van der Waals surface area contributed by atoms with Crippen molar-refractivity contribution >= 4 is 29.2 Å². The van der Waals surface area contributed by atoms with Gasteiger partial charge in [-0.05, 0) is 32.4 Å². The number of anilines is 1. The summed E-state index contributed by atoms with van der Waals surface area (Å²) in [6.45, 7) is 2.96. The molecule has 0 bridgehead atoms. The summed E-state index contributed by atoms with van der Waals surface area (Å²) < 4.78 is 5.07. The van der Waals surface area contributed by atoms with Crippen LogP contribution in [0.15, 0.2) is 24.3 Å². The third-order valence-corrected chi connectivity index (χ3v) is 4.96. The Kier molecular flexibility index (Phi) is 5.50. The number of nitro groups is 1. The van der Waals surface area contributed by atoms with Crippen molar-refractivity contribution in [3.8, 4) is 0 Å². The minimum Gasteiger partial charge on any atom is -0.466 e. The second-order valence-corrected chi connectivity index (χ2v) is 6.62. The lowest BCUT2D eigenvalue weighted by Gasteiger charge is -2.34. The molecule has 2 heterocycles. The summed E-state index contributed by atoms with van der Waals surface area (Å²) in [6, 6.07) is 4.98. The van der Waals surface area contributed by atoms with E-state index in [2.05, 4.69) is 0 Å². The van der Waals surface area contributed by atoms with Crippen LogP contribution in [0, 0.1) is 16.0 Å². The molecule has 1 aromatic carbocycles. The minimum absolute atomic E-state index is 0.0149. The lowest BCUT2D eigenvalue weighted by atomic mass is 9.96. The predicted molar refractivity (Wildman–Crippen MR) is 94.9 cm³/mol. The van der Waals surface area contributed by atoms with Crippen molar-refractivity contribution in [3.63, 3.8) is 0 Å². The highest BCUT2D eigenvalue weighted by Crippen LogP contribution is 2.34. The molecule has 9 heteroatoms. The van der Waals surface area contributed by atoms with Crippen LogP contribution in [0.3, 0.4) is 0 Å². The van der Waals surface area contributed by atoms with E-state index in [1.165, 1.54) is 18.2 Å². The van der Waals surface area contributed by atoms with Crippen LogP contribution in [0.25, 0.3) is 0 Å². The smallest absolute Gasteiger partial charge is 0.310 e.